The number of aryl methyl sites for hydroxylation is 1. The summed E-state index contributed by atoms with van der Waals surface area (Å²) in [5.74, 6) is 1.38. The van der Waals surface area contributed by atoms with E-state index in [0.29, 0.717) is 5.88 Å². The van der Waals surface area contributed by atoms with E-state index in [1.54, 1.807) is 6.20 Å². The summed E-state index contributed by atoms with van der Waals surface area (Å²) in [4.78, 5) is 4.45. The van der Waals surface area contributed by atoms with Gasteiger partial charge in [0.15, 0.2) is 0 Å². The van der Waals surface area contributed by atoms with E-state index in [0.717, 1.165) is 40.6 Å². The molecule has 3 rings (SSSR count). The molecular weight excluding hydrogens is 354 g/mol. The van der Waals surface area contributed by atoms with E-state index >= 15 is 0 Å². The maximum absolute atomic E-state index is 9.68. The SMILES string of the molecule is CCc1ccnc2c1C(=CCCBr)C=C1C(=CC=CC1CO)O2. The molecule has 0 fully saturated rings. The quantitative estimate of drug-likeness (QED) is 0.804. The summed E-state index contributed by atoms with van der Waals surface area (Å²) < 4.78 is 6.11. The Hall–Kier alpha value is -1.65. The molecule has 2 heterocycles. The number of rotatable bonds is 4. The lowest BCUT2D eigenvalue weighted by atomic mass is 9.90. The van der Waals surface area contributed by atoms with Gasteiger partial charge in [-0.2, -0.15) is 0 Å². The van der Waals surface area contributed by atoms with E-state index in [1.807, 2.05) is 24.3 Å². The molecule has 1 aromatic heterocycles. The second-order valence-corrected chi connectivity index (χ2v) is 6.34. The maximum atomic E-state index is 9.68. The highest BCUT2D eigenvalue weighted by atomic mass is 79.9. The monoisotopic (exact) mass is 373 g/mol. The highest BCUT2D eigenvalue weighted by molar-refractivity contribution is 9.09. The van der Waals surface area contributed by atoms with Gasteiger partial charge >= 0.3 is 0 Å². The van der Waals surface area contributed by atoms with Gasteiger partial charge in [-0.15, -0.1) is 0 Å². The minimum atomic E-state index is -0.0400. The zero-order valence-corrected chi connectivity index (χ0v) is 14.7. The molecule has 0 saturated carbocycles. The normalized spacial score (nSPS) is 21.0. The smallest absolute Gasteiger partial charge is 0.227 e. The molecule has 1 atom stereocenters. The number of nitrogens with zero attached hydrogens (tertiary/aromatic N) is 1. The van der Waals surface area contributed by atoms with Crippen LogP contribution in [-0.4, -0.2) is 22.0 Å². The average Bonchev–Trinajstić information content (AvgIpc) is 2.75. The number of fused-ring (bicyclic) bond motifs is 2. The van der Waals surface area contributed by atoms with Gasteiger partial charge in [0, 0.05) is 28.6 Å². The van der Waals surface area contributed by atoms with Crippen LogP contribution in [0.15, 0.2) is 54.0 Å². The number of hydrogen-bond acceptors (Lipinski definition) is 3. The molecule has 0 saturated heterocycles. The van der Waals surface area contributed by atoms with Gasteiger partial charge in [-0.25, -0.2) is 4.98 Å². The van der Waals surface area contributed by atoms with E-state index in [2.05, 4.69) is 40.0 Å². The summed E-state index contributed by atoms with van der Waals surface area (Å²) in [7, 11) is 0. The number of aromatic nitrogens is 1. The van der Waals surface area contributed by atoms with Crippen molar-refractivity contribution >= 4 is 21.5 Å². The summed E-state index contributed by atoms with van der Waals surface area (Å²) >= 11 is 3.49. The van der Waals surface area contributed by atoms with Crippen LogP contribution < -0.4 is 4.74 Å². The van der Waals surface area contributed by atoms with Crippen molar-refractivity contribution in [3.63, 3.8) is 0 Å². The minimum Gasteiger partial charge on any atom is -0.438 e. The number of ether oxygens (including phenoxy) is 1. The van der Waals surface area contributed by atoms with Gasteiger partial charge in [-0.3, -0.25) is 0 Å². The fourth-order valence-electron chi connectivity index (χ4n) is 2.97. The Morgan fingerprint density at radius 2 is 2.30 bits per heavy atom. The molecule has 0 bridgehead atoms. The molecule has 1 aliphatic heterocycles. The third kappa shape index (κ3) is 3.19. The number of hydrogen-bond donors (Lipinski definition) is 1. The first-order chi connectivity index (χ1) is 11.3. The van der Waals surface area contributed by atoms with Gasteiger partial charge in [0.1, 0.15) is 5.76 Å². The first kappa shape index (κ1) is 16.2. The van der Waals surface area contributed by atoms with Crippen molar-refractivity contribution in [1.82, 2.24) is 4.98 Å². The van der Waals surface area contributed by atoms with Gasteiger partial charge in [-0.1, -0.05) is 41.1 Å². The van der Waals surface area contributed by atoms with E-state index in [-0.39, 0.29) is 12.5 Å². The zero-order valence-electron chi connectivity index (χ0n) is 13.1. The molecule has 120 valence electrons. The number of pyridine rings is 1. The molecule has 1 unspecified atom stereocenters. The van der Waals surface area contributed by atoms with Gasteiger partial charge in [-0.05, 0) is 42.2 Å². The standard InChI is InChI=1S/C19H20BrNO2/c1-2-13-8-10-21-19-18(13)14(6-4-9-20)11-16-15(12-22)5-3-7-17(16)23-19/h3,5-8,10-11,15,22H,2,4,9,12H2,1H3. The number of halogens is 1. The van der Waals surface area contributed by atoms with Crippen LogP contribution in [0.2, 0.25) is 0 Å². The Morgan fingerprint density at radius 3 is 3.04 bits per heavy atom. The Labute approximate surface area is 145 Å². The van der Waals surface area contributed by atoms with Crippen LogP contribution in [0.5, 0.6) is 5.88 Å². The second kappa shape index (κ2) is 7.28. The number of aliphatic hydroxyl groups is 1. The van der Waals surface area contributed by atoms with Crippen molar-refractivity contribution in [3.8, 4) is 5.88 Å². The summed E-state index contributed by atoms with van der Waals surface area (Å²) in [6.07, 6.45) is 13.9. The molecular formula is C19H20BrNO2. The van der Waals surface area contributed by atoms with Crippen LogP contribution in [0.1, 0.15) is 24.5 Å². The molecule has 1 N–H and O–H groups in total. The number of alkyl halides is 1. The zero-order chi connectivity index (χ0) is 16.2. The molecule has 0 aromatic carbocycles. The van der Waals surface area contributed by atoms with Crippen LogP contribution in [0.3, 0.4) is 0 Å². The first-order valence-corrected chi connectivity index (χ1v) is 9.04. The maximum Gasteiger partial charge on any atom is 0.227 e. The third-order valence-corrected chi connectivity index (χ3v) is 4.59. The highest BCUT2D eigenvalue weighted by Crippen LogP contribution is 2.39. The van der Waals surface area contributed by atoms with Crippen LogP contribution in [0.25, 0.3) is 5.57 Å². The van der Waals surface area contributed by atoms with E-state index in [4.69, 9.17) is 4.74 Å². The molecule has 3 nitrogen and oxygen atoms in total. The largest absolute Gasteiger partial charge is 0.438 e. The van der Waals surface area contributed by atoms with Crippen molar-refractivity contribution in [3.05, 3.63) is 65.1 Å². The van der Waals surface area contributed by atoms with Crippen LogP contribution in [0.4, 0.5) is 0 Å². The fourth-order valence-corrected chi connectivity index (χ4v) is 3.19. The highest BCUT2D eigenvalue weighted by Gasteiger charge is 2.26. The lowest BCUT2D eigenvalue weighted by Crippen LogP contribution is -2.14. The summed E-state index contributed by atoms with van der Waals surface area (Å²) in [5, 5.41) is 10.6. The number of allylic oxidation sites excluding steroid dienone is 6. The van der Waals surface area contributed by atoms with Crippen LogP contribution in [-0.2, 0) is 6.42 Å². The first-order valence-electron chi connectivity index (χ1n) is 7.92. The molecule has 0 amide bonds. The summed E-state index contributed by atoms with van der Waals surface area (Å²) in [6, 6.07) is 2.05. The third-order valence-electron chi connectivity index (χ3n) is 4.13. The Bertz CT molecular complexity index is 716. The van der Waals surface area contributed by atoms with Gasteiger partial charge < -0.3 is 9.84 Å². The van der Waals surface area contributed by atoms with E-state index in [9.17, 15) is 5.11 Å². The van der Waals surface area contributed by atoms with E-state index in [1.165, 1.54) is 5.56 Å². The lowest BCUT2D eigenvalue weighted by Gasteiger charge is -2.19. The summed E-state index contributed by atoms with van der Waals surface area (Å²) in [5.41, 5.74) is 4.42. The van der Waals surface area contributed by atoms with Crippen LogP contribution in [0, 0.1) is 5.92 Å². The van der Waals surface area contributed by atoms with Crippen molar-refractivity contribution in [1.29, 1.82) is 0 Å². The number of aliphatic hydroxyl groups excluding tert-OH is 1. The molecule has 0 radical (unpaired) electrons. The molecule has 1 aliphatic carbocycles. The van der Waals surface area contributed by atoms with Crippen molar-refractivity contribution in [2.45, 2.75) is 19.8 Å². The Kier molecular flexibility index (Phi) is 5.13. The van der Waals surface area contributed by atoms with Crippen molar-refractivity contribution in [2.24, 2.45) is 5.92 Å². The predicted molar refractivity (Wildman–Crippen MR) is 96.5 cm³/mol. The molecule has 1 aromatic rings. The fraction of sp³-hybridized carbons (Fsp3) is 0.316. The topological polar surface area (TPSA) is 42.4 Å². The van der Waals surface area contributed by atoms with Gasteiger partial charge in [0.05, 0.1) is 6.61 Å². The Morgan fingerprint density at radius 1 is 1.43 bits per heavy atom. The Balaban J connectivity index is 2.19. The van der Waals surface area contributed by atoms with Gasteiger partial charge in [0.25, 0.3) is 0 Å². The molecule has 0 spiro atoms. The second-order valence-electron chi connectivity index (χ2n) is 5.55. The van der Waals surface area contributed by atoms with E-state index < -0.39 is 0 Å². The molecule has 4 heteroatoms. The van der Waals surface area contributed by atoms with Gasteiger partial charge in [0.2, 0.25) is 5.88 Å². The minimum absolute atomic E-state index is 0.0400. The van der Waals surface area contributed by atoms with Crippen molar-refractivity contribution < 1.29 is 9.84 Å². The van der Waals surface area contributed by atoms with Crippen LogP contribution >= 0.6 is 15.9 Å². The molecule has 23 heavy (non-hydrogen) atoms. The predicted octanol–water partition coefficient (Wildman–Crippen LogP) is 4.19. The summed E-state index contributed by atoms with van der Waals surface area (Å²) in [6.45, 7) is 2.21. The average molecular weight is 374 g/mol. The lowest BCUT2D eigenvalue weighted by molar-refractivity contribution is 0.263. The molecule has 2 aliphatic rings. The van der Waals surface area contributed by atoms with Crippen molar-refractivity contribution in [2.75, 3.05) is 11.9 Å².